The second-order valence-electron chi connectivity index (χ2n) is 5.23. The van der Waals surface area contributed by atoms with Crippen LogP contribution in [0, 0.1) is 0 Å². The minimum atomic E-state index is -1.51. The Morgan fingerprint density at radius 3 is 2.95 bits per heavy atom. The number of esters is 1. The largest absolute Gasteiger partial charge is 0.497 e. The van der Waals surface area contributed by atoms with Crippen LogP contribution in [0.1, 0.15) is 31.7 Å². The summed E-state index contributed by atoms with van der Waals surface area (Å²) in [5.41, 5.74) is -0.415. The molecule has 1 saturated carbocycles. The lowest BCUT2D eigenvalue weighted by Crippen LogP contribution is -2.53. The van der Waals surface area contributed by atoms with Gasteiger partial charge in [-0.2, -0.15) is 0 Å². The van der Waals surface area contributed by atoms with Crippen LogP contribution in [0.4, 0.5) is 0 Å². The van der Waals surface area contributed by atoms with Crippen LogP contribution in [-0.2, 0) is 14.9 Å². The van der Waals surface area contributed by atoms with Crippen molar-refractivity contribution in [1.82, 2.24) is 0 Å². The maximum atomic E-state index is 12.5. The molecule has 1 aromatic rings. The number of aliphatic hydroxyl groups is 1. The summed E-state index contributed by atoms with van der Waals surface area (Å²) in [6, 6.07) is 5.26. The average molecular weight is 278 g/mol. The van der Waals surface area contributed by atoms with Crippen molar-refractivity contribution in [3.63, 3.8) is 0 Å². The van der Waals surface area contributed by atoms with E-state index in [-0.39, 0.29) is 6.61 Å². The third-order valence-electron chi connectivity index (χ3n) is 4.29. The normalized spacial score (nSPS) is 30.4. The number of hydrogen-bond acceptors (Lipinski definition) is 5. The maximum Gasteiger partial charge on any atom is 0.323 e. The summed E-state index contributed by atoms with van der Waals surface area (Å²) in [4.78, 5) is 12.5. The molecule has 1 aliphatic heterocycles. The van der Waals surface area contributed by atoms with E-state index in [1.54, 1.807) is 32.2 Å². The Morgan fingerprint density at radius 2 is 2.25 bits per heavy atom. The van der Waals surface area contributed by atoms with Gasteiger partial charge in [-0.3, -0.25) is 4.79 Å². The molecule has 108 valence electrons. The summed E-state index contributed by atoms with van der Waals surface area (Å²) >= 11 is 0. The van der Waals surface area contributed by atoms with E-state index in [9.17, 15) is 9.90 Å². The van der Waals surface area contributed by atoms with Gasteiger partial charge in [-0.05, 0) is 25.8 Å². The van der Waals surface area contributed by atoms with Crippen LogP contribution in [0.15, 0.2) is 18.2 Å². The molecule has 0 bridgehead atoms. The Labute approximate surface area is 117 Å². The number of rotatable bonds is 3. The van der Waals surface area contributed by atoms with Crippen LogP contribution in [-0.4, -0.2) is 30.6 Å². The van der Waals surface area contributed by atoms with Gasteiger partial charge in [-0.15, -0.1) is 0 Å². The van der Waals surface area contributed by atoms with Gasteiger partial charge < -0.3 is 19.3 Å². The zero-order chi connectivity index (χ0) is 14.4. The highest BCUT2D eigenvalue weighted by Gasteiger charge is 2.68. The van der Waals surface area contributed by atoms with Crippen molar-refractivity contribution in [3.8, 4) is 11.5 Å². The molecule has 5 heteroatoms. The fourth-order valence-corrected chi connectivity index (χ4v) is 3.36. The van der Waals surface area contributed by atoms with Crippen molar-refractivity contribution in [2.45, 2.75) is 37.4 Å². The summed E-state index contributed by atoms with van der Waals surface area (Å²) in [6.07, 6.45) is 1.67. The molecular formula is C15H18O5. The molecule has 0 saturated heterocycles. The van der Waals surface area contributed by atoms with E-state index in [0.29, 0.717) is 29.9 Å². The number of methoxy groups -OCH3 is 1. The van der Waals surface area contributed by atoms with E-state index in [4.69, 9.17) is 14.2 Å². The minimum Gasteiger partial charge on any atom is -0.497 e. The first-order chi connectivity index (χ1) is 9.57. The maximum absolute atomic E-state index is 12.5. The Kier molecular flexibility index (Phi) is 2.90. The molecule has 1 fully saturated rings. The van der Waals surface area contributed by atoms with Gasteiger partial charge in [0.05, 0.1) is 13.7 Å². The van der Waals surface area contributed by atoms with E-state index >= 15 is 0 Å². The molecule has 3 rings (SSSR count). The van der Waals surface area contributed by atoms with Crippen LogP contribution in [0.2, 0.25) is 0 Å². The summed E-state index contributed by atoms with van der Waals surface area (Å²) in [5, 5.41) is 10.8. The van der Waals surface area contributed by atoms with Crippen LogP contribution < -0.4 is 9.47 Å². The van der Waals surface area contributed by atoms with Crippen molar-refractivity contribution < 1.29 is 24.1 Å². The molecule has 0 amide bonds. The van der Waals surface area contributed by atoms with Gasteiger partial charge in [0, 0.05) is 18.1 Å². The first-order valence-electron chi connectivity index (χ1n) is 6.84. The summed E-state index contributed by atoms with van der Waals surface area (Å²) in [5.74, 6) is -0.789. The molecule has 20 heavy (non-hydrogen) atoms. The topological polar surface area (TPSA) is 65.0 Å². The van der Waals surface area contributed by atoms with Gasteiger partial charge in [0.2, 0.25) is 5.79 Å². The molecule has 0 aromatic heterocycles. The quantitative estimate of drug-likeness (QED) is 0.853. The van der Waals surface area contributed by atoms with E-state index in [0.717, 1.165) is 6.42 Å². The predicted molar refractivity (Wildman–Crippen MR) is 70.7 cm³/mol. The van der Waals surface area contributed by atoms with Gasteiger partial charge in [-0.25, -0.2) is 0 Å². The third kappa shape index (κ3) is 1.50. The third-order valence-corrected chi connectivity index (χ3v) is 4.29. The SMILES string of the molecule is CCOC(=O)[C@]12CCC[C@@]1(O)Oc1cc(OC)ccc12. The molecule has 1 aromatic carbocycles. The Morgan fingerprint density at radius 1 is 1.45 bits per heavy atom. The van der Waals surface area contributed by atoms with E-state index in [1.807, 2.05) is 0 Å². The van der Waals surface area contributed by atoms with Gasteiger partial charge in [0.15, 0.2) is 5.41 Å². The van der Waals surface area contributed by atoms with Gasteiger partial charge >= 0.3 is 5.97 Å². The molecule has 5 nitrogen and oxygen atoms in total. The second kappa shape index (κ2) is 4.38. The van der Waals surface area contributed by atoms with Crippen LogP contribution in [0.3, 0.4) is 0 Å². The average Bonchev–Trinajstić information content (AvgIpc) is 2.87. The van der Waals surface area contributed by atoms with E-state index in [1.165, 1.54) is 0 Å². The van der Waals surface area contributed by atoms with Crippen molar-refractivity contribution in [2.75, 3.05) is 13.7 Å². The first kappa shape index (κ1) is 13.2. The zero-order valence-electron chi connectivity index (χ0n) is 11.6. The molecule has 0 unspecified atom stereocenters. The molecule has 1 aliphatic carbocycles. The molecule has 1 N–H and O–H groups in total. The number of ether oxygens (including phenoxy) is 3. The first-order valence-corrected chi connectivity index (χ1v) is 6.84. The lowest BCUT2D eigenvalue weighted by Gasteiger charge is -2.32. The number of fused-ring (bicyclic) bond motifs is 3. The second-order valence-corrected chi connectivity index (χ2v) is 5.23. The molecule has 2 aliphatic rings. The highest BCUT2D eigenvalue weighted by Crippen LogP contribution is 2.58. The summed E-state index contributed by atoms with van der Waals surface area (Å²) in [7, 11) is 1.56. The van der Waals surface area contributed by atoms with E-state index in [2.05, 4.69) is 0 Å². The fourth-order valence-electron chi connectivity index (χ4n) is 3.36. The van der Waals surface area contributed by atoms with Crippen molar-refractivity contribution in [1.29, 1.82) is 0 Å². The fraction of sp³-hybridized carbons (Fsp3) is 0.533. The number of hydrogen-bond donors (Lipinski definition) is 1. The van der Waals surface area contributed by atoms with Gasteiger partial charge in [-0.1, -0.05) is 6.07 Å². The Bertz CT molecular complexity index is 555. The Hall–Kier alpha value is -1.75. The molecule has 0 radical (unpaired) electrons. The summed E-state index contributed by atoms with van der Waals surface area (Å²) in [6.45, 7) is 2.04. The number of benzene rings is 1. The smallest absolute Gasteiger partial charge is 0.323 e. The van der Waals surface area contributed by atoms with Crippen molar-refractivity contribution >= 4 is 5.97 Å². The van der Waals surface area contributed by atoms with Crippen molar-refractivity contribution in [3.05, 3.63) is 23.8 Å². The highest BCUT2D eigenvalue weighted by molar-refractivity contribution is 5.88. The lowest BCUT2D eigenvalue weighted by molar-refractivity contribution is -0.187. The van der Waals surface area contributed by atoms with Crippen LogP contribution in [0.25, 0.3) is 0 Å². The molecule has 0 spiro atoms. The molecular weight excluding hydrogens is 260 g/mol. The monoisotopic (exact) mass is 278 g/mol. The standard InChI is InChI=1S/C15H18O5/c1-3-19-13(16)14-7-4-8-15(14,17)20-12-9-10(18-2)5-6-11(12)14/h5-6,9,17H,3-4,7-8H2,1-2H3/t14-,15-/m1/s1. The lowest BCUT2D eigenvalue weighted by atomic mass is 9.76. The minimum absolute atomic E-state index is 0.280. The van der Waals surface area contributed by atoms with E-state index < -0.39 is 17.2 Å². The van der Waals surface area contributed by atoms with Gasteiger partial charge in [0.1, 0.15) is 11.5 Å². The van der Waals surface area contributed by atoms with Crippen molar-refractivity contribution in [2.24, 2.45) is 0 Å². The number of carbonyl (C=O) groups is 1. The van der Waals surface area contributed by atoms with Crippen LogP contribution in [0.5, 0.6) is 11.5 Å². The summed E-state index contributed by atoms with van der Waals surface area (Å²) < 4.78 is 16.1. The number of carbonyl (C=O) groups excluding carboxylic acids is 1. The zero-order valence-corrected chi connectivity index (χ0v) is 11.6. The Balaban J connectivity index is 2.13. The molecule has 2 atom stereocenters. The van der Waals surface area contributed by atoms with Crippen LogP contribution >= 0.6 is 0 Å². The molecule has 1 heterocycles. The predicted octanol–water partition coefficient (Wildman–Crippen LogP) is 1.76. The van der Waals surface area contributed by atoms with Gasteiger partial charge in [0.25, 0.3) is 0 Å². The highest BCUT2D eigenvalue weighted by atomic mass is 16.6.